The van der Waals surface area contributed by atoms with Crippen LogP contribution in [0.25, 0.3) is 0 Å². The van der Waals surface area contributed by atoms with Gasteiger partial charge in [0.25, 0.3) is 0 Å². The second kappa shape index (κ2) is 8.25. The number of hydrogen-bond acceptors (Lipinski definition) is 2. The van der Waals surface area contributed by atoms with Crippen molar-refractivity contribution >= 4 is 0 Å². The average molecular weight is 200 g/mol. The summed E-state index contributed by atoms with van der Waals surface area (Å²) in [4.78, 5) is 2.51. The van der Waals surface area contributed by atoms with E-state index in [4.69, 9.17) is 0 Å². The maximum Gasteiger partial charge on any atom is 0.00384 e. The highest BCUT2D eigenvalue weighted by Crippen LogP contribution is 1.98. The fraction of sp³-hybridized carbons (Fsp3) is 1.00. The number of nitrogens with zero attached hydrogens (tertiary/aromatic N) is 1. The molecule has 86 valence electrons. The Labute approximate surface area is 90.1 Å². The zero-order valence-electron chi connectivity index (χ0n) is 10.6. The zero-order valence-corrected chi connectivity index (χ0v) is 10.6. The maximum absolute atomic E-state index is 3.48. The summed E-state index contributed by atoms with van der Waals surface area (Å²) in [5, 5.41) is 3.48. The molecule has 0 aromatic carbocycles. The Morgan fingerprint density at radius 3 is 2.21 bits per heavy atom. The number of hydrogen-bond donors (Lipinski definition) is 1. The second-order valence-corrected chi connectivity index (χ2v) is 4.67. The molecule has 0 radical (unpaired) electrons. The van der Waals surface area contributed by atoms with E-state index in [1.807, 2.05) is 0 Å². The molecule has 0 aromatic heterocycles. The topological polar surface area (TPSA) is 15.3 Å². The van der Waals surface area contributed by atoms with E-state index >= 15 is 0 Å². The van der Waals surface area contributed by atoms with Gasteiger partial charge < -0.3 is 10.2 Å². The Morgan fingerprint density at radius 1 is 1.14 bits per heavy atom. The van der Waals surface area contributed by atoms with E-state index < -0.39 is 0 Å². The molecule has 0 amide bonds. The minimum atomic E-state index is 0.685. The van der Waals surface area contributed by atoms with Gasteiger partial charge in [-0.1, -0.05) is 20.8 Å². The Kier molecular flexibility index (Phi) is 8.20. The van der Waals surface area contributed by atoms with E-state index in [9.17, 15) is 0 Å². The fourth-order valence-corrected chi connectivity index (χ4v) is 1.58. The van der Waals surface area contributed by atoms with Crippen molar-refractivity contribution in [3.05, 3.63) is 0 Å². The molecule has 0 spiro atoms. The van der Waals surface area contributed by atoms with Crippen LogP contribution in [0.5, 0.6) is 0 Å². The van der Waals surface area contributed by atoms with Crippen LogP contribution in [0, 0.1) is 5.92 Å². The van der Waals surface area contributed by atoms with Crippen LogP contribution in [0.3, 0.4) is 0 Å². The summed E-state index contributed by atoms with van der Waals surface area (Å²) in [5.74, 6) is 0.766. The monoisotopic (exact) mass is 200 g/mol. The van der Waals surface area contributed by atoms with Gasteiger partial charge in [-0.15, -0.1) is 0 Å². The first kappa shape index (κ1) is 13.9. The van der Waals surface area contributed by atoms with Gasteiger partial charge in [0, 0.05) is 6.04 Å². The number of nitrogens with one attached hydrogen (secondary N) is 1. The molecule has 0 saturated heterocycles. The van der Waals surface area contributed by atoms with Crippen molar-refractivity contribution < 1.29 is 0 Å². The molecule has 2 nitrogen and oxygen atoms in total. The highest BCUT2D eigenvalue weighted by Gasteiger charge is 2.05. The Morgan fingerprint density at radius 2 is 1.79 bits per heavy atom. The summed E-state index contributed by atoms with van der Waals surface area (Å²) in [6, 6.07) is 0.685. The van der Waals surface area contributed by atoms with Crippen LogP contribution in [0.2, 0.25) is 0 Å². The van der Waals surface area contributed by atoms with Crippen LogP contribution in [0.4, 0.5) is 0 Å². The van der Waals surface area contributed by atoms with Gasteiger partial charge in [0.15, 0.2) is 0 Å². The molecular formula is C12H28N2. The largest absolute Gasteiger partial charge is 0.316 e. The first-order valence-electron chi connectivity index (χ1n) is 6.02. The minimum Gasteiger partial charge on any atom is -0.316 e. The average Bonchev–Trinajstić information content (AvgIpc) is 2.10. The summed E-state index contributed by atoms with van der Waals surface area (Å²) in [6.45, 7) is 16.0. The zero-order chi connectivity index (χ0) is 11.0. The maximum atomic E-state index is 3.48. The van der Waals surface area contributed by atoms with Crippen LogP contribution in [0.15, 0.2) is 0 Å². The first-order valence-corrected chi connectivity index (χ1v) is 6.02. The summed E-state index contributed by atoms with van der Waals surface area (Å²) in [6.07, 6.45) is 1.26. The van der Waals surface area contributed by atoms with Crippen molar-refractivity contribution in [2.45, 2.75) is 47.1 Å². The van der Waals surface area contributed by atoms with Gasteiger partial charge in [-0.3, -0.25) is 0 Å². The molecule has 0 atom stereocenters. The SMILES string of the molecule is CCN(CCCNCC(C)C)C(C)C. The van der Waals surface area contributed by atoms with E-state index in [1.54, 1.807) is 0 Å². The van der Waals surface area contributed by atoms with E-state index in [0.29, 0.717) is 6.04 Å². The molecule has 0 aromatic rings. The van der Waals surface area contributed by atoms with Gasteiger partial charge in [0.1, 0.15) is 0 Å². The van der Waals surface area contributed by atoms with Crippen LogP contribution >= 0.6 is 0 Å². The van der Waals surface area contributed by atoms with Crippen LogP contribution in [-0.4, -0.2) is 37.1 Å². The van der Waals surface area contributed by atoms with Gasteiger partial charge in [0.05, 0.1) is 0 Å². The van der Waals surface area contributed by atoms with Crippen LogP contribution in [0.1, 0.15) is 41.0 Å². The highest BCUT2D eigenvalue weighted by atomic mass is 15.1. The van der Waals surface area contributed by atoms with Gasteiger partial charge in [-0.05, 0) is 52.4 Å². The molecule has 1 N–H and O–H groups in total. The van der Waals surface area contributed by atoms with E-state index in [-0.39, 0.29) is 0 Å². The molecule has 0 saturated carbocycles. The van der Waals surface area contributed by atoms with Crippen LogP contribution < -0.4 is 5.32 Å². The third-order valence-corrected chi connectivity index (χ3v) is 2.49. The lowest BCUT2D eigenvalue weighted by atomic mass is 10.2. The fourth-order valence-electron chi connectivity index (χ4n) is 1.58. The van der Waals surface area contributed by atoms with Crippen molar-refractivity contribution in [2.24, 2.45) is 5.92 Å². The molecule has 0 heterocycles. The summed E-state index contributed by atoms with van der Waals surface area (Å²) >= 11 is 0. The van der Waals surface area contributed by atoms with E-state index in [2.05, 4.69) is 44.8 Å². The van der Waals surface area contributed by atoms with Gasteiger partial charge in [0.2, 0.25) is 0 Å². The van der Waals surface area contributed by atoms with E-state index in [1.165, 1.54) is 19.5 Å². The van der Waals surface area contributed by atoms with Crippen molar-refractivity contribution in [1.82, 2.24) is 10.2 Å². The molecule has 0 unspecified atom stereocenters. The quantitative estimate of drug-likeness (QED) is 0.605. The molecule has 0 bridgehead atoms. The Balaban J connectivity index is 3.33. The number of rotatable bonds is 8. The lowest BCUT2D eigenvalue weighted by Gasteiger charge is -2.24. The second-order valence-electron chi connectivity index (χ2n) is 4.67. The smallest absolute Gasteiger partial charge is 0.00384 e. The molecule has 0 aliphatic carbocycles. The van der Waals surface area contributed by atoms with Gasteiger partial charge in [-0.25, -0.2) is 0 Å². The minimum absolute atomic E-state index is 0.685. The molecule has 0 aliphatic heterocycles. The predicted octanol–water partition coefficient (Wildman–Crippen LogP) is 2.35. The third-order valence-electron chi connectivity index (χ3n) is 2.49. The molecule has 14 heavy (non-hydrogen) atoms. The van der Waals surface area contributed by atoms with Gasteiger partial charge in [-0.2, -0.15) is 0 Å². The van der Waals surface area contributed by atoms with E-state index in [0.717, 1.165) is 19.0 Å². The lowest BCUT2D eigenvalue weighted by molar-refractivity contribution is 0.230. The van der Waals surface area contributed by atoms with Crippen LogP contribution in [-0.2, 0) is 0 Å². The Hall–Kier alpha value is -0.0800. The molecule has 0 rings (SSSR count). The standard InChI is InChI=1S/C12H28N2/c1-6-14(12(4)5)9-7-8-13-10-11(2)3/h11-13H,6-10H2,1-5H3. The third kappa shape index (κ3) is 7.34. The Bertz CT molecular complexity index is 121. The molecule has 2 heteroatoms. The lowest BCUT2D eigenvalue weighted by Crippen LogP contribution is -2.33. The van der Waals surface area contributed by atoms with Crippen molar-refractivity contribution in [3.63, 3.8) is 0 Å². The molecule has 0 aliphatic rings. The van der Waals surface area contributed by atoms with Crippen molar-refractivity contribution in [3.8, 4) is 0 Å². The predicted molar refractivity (Wildman–Crippen MR) is 64.7 cm³/mol. The van der Waals surface area contributed by atoms with Crippen molar-refractivity contribution in [2.75, 3.05) is 26.2 Å². The summed E-state index contributed by atoms with van der Waals surface area (Å²) in [7, 11) is 0. The molecule has 0 fully saturated rings. The normalized spacial score (nSPS) is 12.0. The van der Waals surface area contributed by atoms with Gasteiger partial charge >= 0.3 is 0 Å². The molecular weight excluding hydrogens is 172 g/mol. The summed E-state index contributed by atoms with van der Waals surface area (Å²) < 4.78 is 0. The van der Waals surface area contributed by atoms with Crippen molar-refractivity contribution in [1.29, 1.82) is 0 Å². The highest BCUT2D eigenvalue weighted by molar-refractivity contribution is 4.61. The first-order chi connectivity index (χ1) is 6.57. The summed E-state index contributed by atoms with van der Waals surface area (Å²) in [5.41, 5.74) is 0.